The maximum absolute atomic E-state index is 14.2. The molecule has 0 aliphatic carbocycles. The number of nitrogens with zero attached hydrogens (tertiary/aromatic N) is 3. The van der Waals surface area contributed by atoms with E-state index in [9.17, 15) is 9.18 Å². The van der Waals surface area contributed by atoms with Crippen molar-refractivity contribution in [2.75, 3.05) is 44.3 Å². The first-order chi connectivity index (χ1) is 14.1. The first kappa shape index (κ1) is 19.9. The third kappa shape index (κ3) is 4.80. The van der Waals surface area contributed by atoms with Crippen LogP contribution in [0.3, 0.4) is 0 Å². The van der Waals surface area contributed by atoms with Crippen molar-refractivity contribution in [3.63, 3.8) is 0 Å². The van der Waals surface area contributed by atoms with Gasteiger partial charge in [-0.1, -0.05) is 47.2 Å². The molecule has 29 heavy (non-hydrogen) atoms. The lowest BCUT2D eigenvalue weighted by molar-refractivity contribution is -0.118. The van der Waals surface area contributed by atoms with Gasteiger partial charge in [0.1, 0.15) is 11.3 Å². The molecule has 0 unspecified atom stereocenters. The van der Waals surface area contributed by atoms with Gasteiger partial charge in [0, 0.05) is 26.2 Å². The van der Waals surface area contributed by atoms with Crippen molar-refractivity contribution in [3.05, 3.63) is 59.4 Å². The summed E-state index contributed by atoms with van der Waals surface area (Å²) < 4.78 is 20.3. The summed E-state index contributed by atoms with van der Waals surface area (Å²) in [7, 11) is 0. The molecule has 2 aromatic carbocycles. The van der Waals surface area contributed by atoms with Crippen molar-refractivity contribution < 1.29 is 13.9 Å². The molecule has 0 radical (unpaired) electrons. The van der Waals surface area contributed by atoms with Crippen LogP contribution in [0.15, 0.2) is 42.5 Å². The van der Waals surface area contributed by atoms with Gasteiger partial charge in [0.05, 0.1) is 24.3 Å². The maximum atomic E-state index is 14.2. The van der Waals surface area contributed by atoms with E-state index in [-0.39, 0.29) is 11.7 Å². The van der Waals surface area contributed by atoms with E-state index >= 15 is 0 Å². The van der Waals surface area contributed by atoms with E-state index in [2.05, 4.69) is 9.88 Å². The number of halogens is 1. The van der Waals surface area contributed by atoms with Crippen LogP contribution < -0.4 is 4.90 Å². The van der Waals surface area contributed by atoms with E-state index in [1.165, 1.54) is 17.4 Å². The number of morpholine rings is 1. The summed E-state index contributed by atoms with van der Waals surface area (Å²) in [5.41, 5.74) is 2.42. The van der Waals surface area contributed by atoms with Crippen molar-refractivity contribution in [2.45, 2.75) is 13.3 Å². The minimum atomic E-state index is -0.357. The van der Waals surface area contributed by atoms with Crippen LogP contribution in [0.5, 0.6) is 0 Å². The molecular formula is C22H24FN3O2S. The van der Waals surface area contributed by atoms with E-state index in [1.807, 2.05) is 37.3 Å². The van der Waals surface area contributed by atoms with Crippen molar-refractivity contribution in [1.29, 1.82) is 0 Å². The van der Waals surface area contributed by atoms with Gasteiger partial charge in [0.25, 0.3) is 0 Å². The molecular weight excluding hydrogens is 389 g/mol. The number of fused-ring (bicyclic) bond motifs is 1. The van der Waals surface area contributed by atoms with E-state index in [0.717, 1.165) is 35.5 Å². The minimum Gasteiger partial charge on any atom is -0.379 e. The van der Waals surface area contributed by atoms with Crippen molar-refractivity contribution >= 4 is 32.6 Å². The molecule has 5 nitrogen and oxygen atoms in total. The molecule has 0 atom stereocenters. The lowest BCUT2D eigenvalue weighted by Crippen LogP contribution is -2.43. The average molecular weight is 414 g/mol. The van der Waals surface area contributed by atoms with Crippen LogP contribution >= 0.6 is 11.3 Å². The Labute approximate surface area is 173 Å². The number of aromatic nitrogens is 1. The number of hydrogen-bond donors (Lipinski definition) is 0. The highest BCUT2D eigenvalue weighted by Gasteiger charge is 2.22. The molecule has 1 aliphatic heterocycles. The number of rotatable bonds is 6. The Morgan fingerprint density at radius 3 is 2.79 bits per heavy atom. The quantitative estimate of drug-likeness (QED) is 0.619. The Hall–Kier alpha value is -2.35. The highest BCUT2D eigenvalue weighted by atomic mass is 32.1. The maximum Gasteiger partial charge on any atom is 0.233 e. The molecule has 0 bridgehead atoms. The first-order valence-corrected chi connectivity index (χ1v) is 10.6. The number of aryl methyl sites for hydroxylation is 1. The second-order valence-electron chi connectivity index (χ2n) is 7.25. The molecule has 1 saturated heterocycles. The van der Waals surface area contributed by atoms with Gasteiger partial charge in [-0.25, -0.2) is 9.37 Å². The first-order valence-electron chi connectivity index (χ1n) is 9.81. The summed E-state index contributed by atoms with van der Waals surface area (Å²) in [6.45, 7) is 6.41. The SMILES string of the molecule is Cc1cccc(CC(=O)N(CCN2CCOCC2)c2nc3c(F)cccc3s2)c1. The summed E-state index contributed by atoms with van der Waals surface area (Å²) in [5.74, 6) is -0.382. The van der Waals surface area contributed by atoms with Gasteiger partial charge in [0.15, 0.2) is 5.13 Å². The number of hydrogen-bond acceptors (Lipinski definition) is 5. The zero-order valence-corrected chi connectivity index (χ0v) is 17.3. The summed E-state index contributed by atoms with van der Waals surface area (Å²) in [6.07, 6.45) is 0.295. The van der Waals surface area contributed by atoms with E-state index in [0.29, 0.717) is 36.8 Å². The van der Waals surface area contributed by atoms with E-state index < -0.39 is 0 Å². The zero-order valence-electron chi connectivity index (χ0n) is 16.4. The summed E-state index contributed by atoms with van der Waals surface area (Å²) >= 11 is 1.36. The summed E-state index contributed by atoms with van der Waals surface area (Å²) in [4.78, 5) is 21.7. The Bertz CT molecular complexity index is 1000. The summed E-state index contributed by atoms with van der Waals surface area (Å²) in [6, 6.07) is 12.9. The largest absolute Gasteiger partial charge is 0.379 e. The Kier molecular flexibility index (Phi) is 6.18. The third-order valence-corrected chi connectivity index (χ3v) is 6.12. The molecule has 2 heterocycles. The summed E-state index contributed by atoms with van der Waals surface area (Å²) in [5, 5.41) is 0.552. The van der Waals surface area contributed by atoms with Gasteiger partial charge in [-0.15, -0.1) is 0 Å². The molecule has 4 rings (SSSR count). The predicted octanol–water partition coefficient (Wildman–Crippen LogP) is 3.65. The van der Waals surface area contributed by atoms with Gasteiger partial charge in [0.2, 0.25) is 5.91 Å². The topological polar surface area (TPSA) is 45.7 Å². The van der Waals surface area contributed by atoms with Crippen molar-refractivity contribution in [2.24, 2.45) is 0 Å². The van der Waals surface area contributed by atoms with Gasteiger partial charge in [-0.2, -0.15) is 0 Å². The fraction of sp³-hybridized carbons (Fsp3) is 0.364. The molecule has 1 fully saturated rings. The van der Waals surface area contributed by atoms with Gasteiger partial charge >= 0.3 is 0 Å². The smallest absolute Gasteiger partial charge is 0.233 e. The normalized spacial score (nSPS) is 15.0. The Balaban J connectivity index is 1.58. The van der Waals surface area contributed by atoms with Crippen LogP contribution in [0.1, 0.15) is 11.1 Å². The standard InChI is InChI=1S/C22H24FN3O2S/c1-16-4-2-5-17(14-16)15-20(27)26(9-8-25-10-12-28-13-11-25)22-24-21-18(23)6-3-7-19(21)29-22/h2-7,14H,8-13,15H2,1H3. The van der Waals surface area contributed by atoms with Crippen molar-refractivity contribution in [3.8, 4) is 0 Å². The van der Waals surface area contributed by atoms with Crippen molar-refractivity contribution in [1.82, 2.24) is 9.88 Å². The molecule has 3 aromatic rings. The van der Waals surface area contributed by atoms with Crippen LogP contribution in [-0.4, -0.2) is 55.2 Å². The highest BCUT2D eigenvalue weighted by Crippen LogP contribution is 2.30. The number of ether oxygens (including phenoxy) is 1. The number of carbonyl (C=O) groups is 1. The number of anilines is 1. The minimum absolute atomic E-state index is 0.0247. The molecule has 1 amide bonds. The number of thiazole rings is 1. The molecule has 1 aliphatic rings. The molecule has 0 N–H and O–H groups in total. The highest BCUT2D eigenvalue weighted by molar-refractivity contribution is 7.22. The number of amides is 1. The number of para-hydroxylation sites is 1. The monoisotopic (exact) mass is 413 g/mol. The lowest BCUT2D eigenvalue weighted by atomic mass is 10.1. The van der Waals surface area contributed by atoms with Gasteiger partial charge < -0.3 is 4.74 Å². The van der Waals surface area contributed by atoms with E-state index in [4.69, 9.17) is 4.74 Å². The lowest BCUT2D eigenvalue weighted by Gasteiger charge is -2.29. The Morgan fingerprint density at radius 2 is 2.03 bits per heavy atom. The van der Waals surface area contributed by atoms with Crippen LogP contribution in [0.2, 0.25) is 0 Å². The van der Waals surface area contributed by atoms with Crippen LogP contribution in [0.25, 0.3) is 10.2 Å². The fourth-order valence-corrected chi connectivity index (χ4v) is 4.53. The van der Waals surface area contributed by atoms with Gasteiger partial charge in [-0.3, -0.25) is 14.6 Å². The fourth-order valence-electron chi connectivity index (χ4n) is 3.50. The van der Waals surface area contributed by atoms with E-state index in [1.54, 1.807) is 11.0 Å². The second kappa shape index (κ2) is 8.98. The molecule has 0 spiro atoms. The molecule has 152 valence electrons. The van der Waals surface area contributed by atoms with Crippen LogP contribution in [-0.2, 0) is 16.0 Å². The number of benzene rings is 2. The average Bonchev–Trinajstić information content (AvgIpc) is 3.14. The Morgan fingerprint density at radius 1 is 1.24 bits per heavy atom. The zero-order chi connectivity index (χ0) is 20.2. The molecule has 0 saturated carbocycles. The van der Waals surface area contributed by atoms with Gasteiger partial charge in [-0.05, 0) is 24.6 Å². The van der Waals surface area contributed by atoms with Crippen LogP contribution in [0.4, 0.5) is 9.52 Å². The van der Waals surface area contributed by atoms with Crippen LogP contribution in [0, 0.1) is 12.7 Å². The third-order valence-electron chi connectivity index (χ3n) is 5.07. The number of carbonyl (C=O) groups excluding carboxylic acids is 1. The molecule has 1 aromatic heterocycles. The predicted molar refractivity (Wildman–Crippen MR) is 114 cm³/mol. The molecule has 7 heteroatoms. The second-order valence-corrected chi connectivity index (χ2v) is 8.26.